The molecule has 0 bridgehead atoms. The van der Waals surface area contributed by atoms with Crippen LogP contribution >= 0.6 is 0 Å². The summed E-state index contributed by atoms with van der Waals surface area (Å²) in [4.78, 5) is 4.04. The minimum absolute atomic E-state index is 0.309. The predicted octanol–water partition coefficient (Wildman–Crippen LogP) is -0.206. The summed E-state index contributed by atoms with van der Waals surface area (Å²) < 4.78 is 0. The van der Waals surface area contributed by atoms with Crippen molar-refractivity contribution in [3.63, 3.8) is 0 Å². The maximum absolute atomic E-state index is 9.14. The molecule has 0 aromatic rings. The third kappa shape index (κ3) is 3.65. The standard InChI is InChI=1S/C9H18N2O2/c1-8(12)5-10-3-4-11(7-10)6-9(2)13/h3-4,8-9,12-13H,5-7H2,1-2H3. The van der Waals surface area contributed by atoms with E-state index in [1.54, 1.807) is 13.8 Å². The SMILES string of the molecule is CC(O)CN1C=CN(CC(C)O)C1. The van der Waals surface area contributed by atoms with Crippen molar-refractivity contribution in [3.05, 3.63) is 12.4 Å². The molecule has 0 fully saturated rings. The Morgan fingerprint density at radius 1 is 1.08 bits per heavy atom. The fraction of sp³-hybridized carbons (Fsp3) is 0.778. The van der Waals surface area contributed by atoms with Gasteiger partial charge in [-0.25, -0.2) is 0 Å². The molecular weight excluding hydrogens is 168 g/mol. The molecule has 0 aromatic heterocycles. The van der Waals surface area contributed by atoms with Crippen molar-refractivity contribution in [2.45, 2.75) is 26.1 Å². The van der Waals surface area contributed by atoms with Gasteiger partial charge in [0, 0.05) is 25.5 Å². The molecule has 1 aliphatic rings. The van der Waals surface area contributed by atoms with Gasteiger partial charge in [0.05, 0.1) is 18.9 Å². The topological polar surface area (TPSA) is 46.9 Å². The summed E-state index contributed by atoms with van der Waals surface area (Å²) in [6.07, 6.45) is 3.26. The van der Waals surface area contributed by atoms with Crippen LogP contribution in [0.5, 0.6) is 0 Å². The highest BCUT2D eigenvalue weighted by Gasteiger charge is 2.14. The predicted molar refractivity (Wildman–Crippen MR) is 50.8 cm³/mol. The van der Waals surface area contributed by atoms with E-state index in [2.05, 4.69) is 0 Å². The first-order chi connectivity index (χ1) is 6.08. The molecule has 2 atom stereocenters. The van der Waals surface area contributed by atoms with Crippen LogP contribution in [-0.2, 0) is 0 Å². The molecule has 13 heavy (non-hydrogen) atoms. The van der Waals surface area contributed by atoms with Crippen molar-refractivity contribution in [2.75, 3.05) is 19.8 Å². The summed E-state index contributed by atoms with van der Waals surface area (Å²) in [5.41, 5.74) is 0. The van der Waals surface area contributed by atoms with Crippen LogP contribution in [0.2, 0.25) is 0 Å². The molecule has 2 N–H and O–H groups in total. The molecule has 0 saturated carbocycles. The second-order valence-corrected chi connectivity index (χ2v) is 3.68. The second kappa shape index (κ2) is 4.48. The molecule has 1 aliphatic heterocycles. The van der Waals surface area contributed by atoms with Crippen molar-refractivity contribution in [1.82, 2.24) is 9.80 Å². The third-order valence-corrected chi connectivity index (χ3v) is 1.85. The van der Waals surface area contributed by atoms with Gasteiger partial charge in [-0.15, -0.1) is 0 Å². The zero-order valence-corrected chi connectivity index (χ0v) is 8.22. The zero-order valence-electron chi connectivity index (χ0n) is 8.22. The first-order valence-corrected chi connectivity index (χ1v) is 4.60. The summed E-state index contributed by atoms with van der Waals surface area (Å²) in [5, 5.41) is 18.3. The zero-order chi connectivity index (χ0) is 9.84. The Morgan fingerprint density at radius 3 is 1.77 bits per heavy atom. The smallest absolute Gasteiger partial charge is 0.0896 e. The highest BCUT2D eigenvalue weighted by Crippen LogP contribution is 2.07. The highest BCUT2D eigenvalue weighted by molar-refractivity contribution is 4.91. The Labute approximate surface area is 79.1 Å². The van der Waals surface area contributed by atoms with Crippen molar-refractivity contribution in [3.8, 4) is 0 Å². The van der Waals surface area contributed by atoms with Crippen LogP contribution in [0.3, 0.4) is 0 Å². The van der Waals surface area contributed by atoms with Gasteiger partial charge in [-0.2, -0.15) is 0 Å². The van der Waals surface area contributed by atoms with Crippen molar-refractivity contribution < 1.29 is 10.2 Å². The Bertz CT molecular complexity index is 162. The molecule has 0 radical (unpaired) electrons. The molecule has 1 heterocycles. The second-order valence-electron chi connectivity index (χ2n) is 3.68. The molecule has 0 aliphatic carbocycles. The van der Waals surface area contributed by atoms with Crippen LogP contribution in [0, 0.1) is 0 Å². The molecule has 0 spiro atoms. The average Bonchev–Trinajstić information content (AvgIpc) is 2.33. The highest BCUT2D eigenvalue weighted by atomic mass is 16.3. The van der Waals surface area contributed by atoms with E-state index in [9.17, 15) is 0 Å². The molecule has 0 amide bonds. The van der Waals surface area contributed by atoms with Gasteiger partial charge in [0.25, 0.3) is 0 Å². The van der Waals surface area contributed by atoms with Crippen molar-refractivity contribution in [2.24, 2.45) is 0 Å². The number of aliphatic hydroxyl groups is 2. The lowest BCUT2D eigenvalue weighted by atomic mass is 10.4. The lowest BCUT2D eigenvalue weighted by molar-refractivity contribution is 0.114. The minimum atomic E-state index is -0.309. The Morgan fingerprint density at radius 2 is 1.46 bits per heavy atom. The maximum Gasteiger partial charge on any atom is 0.0896 e. The van der Waals surface area contributed by atoms with Gasteiger partial charge in [-0.05, 0) is 13.8 Å². The summed E-state index contributed by atoms with van der Waals surface area (Å²) in [7, 11) is 0. The van der Waals surface area contributed by atoms with Crippen LogP contribution in [-0.4, -0.2) is 52.0 Å². The van der Waals surface area contributed by atoms with Crippen LogP contribution < -0.4 is 0 Å². The molecule has 0 aromatic carbocycles. The van der Waals surface area contributed by atoms with E-state index in [0.717, 1.165) is 6.67 Å². The number of hydrogen-bond acceptors (Lipinski definition) is 4. The van der Waals surface area contributed by atoms with E-state index in [0.29, 0.717) is 13.1 Å². The Kier molecular flexibility index (Phi) is 3.57. The van der Waals surface area contributed by atoms with E-state index in [1.165, 1.54) is 0 Å². The van der Waals surface area contributed by atoms with Gasteiger partial charge < -0.3 is 20.0 Å². The number of β-amino-alcohol motifs (C(OH)–C–C–N with tert-alkyl or cyclic N) is 2. The quantitative estimate of drug-likeness (QED) is 0.638. The normalized spacial score (nSPS) is 20.9. The number of hydrogen-bond donors (Lipinski definition) is 2. The summed E-state index contributed by atoms with van der Waals surface area (Å²) in [5.74, 6) is 0. The fourth-order valence-electron chi connectivity index (χ4n) is 1.43. The van der Waals surface area contributed by atoms with Crippen LogP contribution in [0.4, 0.5) is 0 Å². The molecular formula is C9H18N2O2. The van der Waals surface area contributed by atoms with Crippen molar-refractivity contribution >= 4 is 0 Å². The van der Waals surface area contributed by atoms with Crippen LogP contribution in [0.1, 0.15) is 13.8 Å². The van der Waals surface area contributed by atoms with Gasteiger partial charge in [0.15, 0.2) is 0 Å². The van der Waals surface area contributed by atoms with Gasteiger partial charge >= 0.3 is 0 Å². The van der Waals surface area contributed by atoms with Gasteiger partial charge in [-0.3, -0.25) is 0 Å². The van der Waals surface area contributed by atoms with Gasteiger partial charge in [0.1, 0.15) is 0 Å². The molecule has 1 rings (SSSR count). The van der Waals surface area contributed by atoms with E-state index >= 15 is 0 Å². The average molecular weight is 186 g/mol. The molecule has 0 saturated heterocycles. The number of rotatable bonds is 4. The van der Waals surface area contributed by atoms with Crippen LogP contribution in [0.25, 0.3) is 0 Å². The lowest BCUT2D eigenvalue weighted by Crippen LogP contribution is -2.33. The summed E-state index contributed by atoms with van der Waals surface area (Å²) in [6.45, 7) is 5.59. The molecule has 4 heteroatoms. The molecule has 2 unspecified atom stereocenters. The number of aliphatic hydroxyl groups excluding tert-OH is 2. The first-order valence-electron chi connectivity index (χ1n) is 4.60. The van der Waals surface area contributed by atoms with Gasteiger partial charge in [0.2, 0.25) is 0 Å². The van der Waals surface area contributed by atoms with E-state index in [-0.39, 0.29) is 12.2 Å². The van der Waals surface area contributed by atoms with Gasteiger partial charge in [-0.1, -0.05) is 0 Å². The minimum Gasteiger partial charge on any atom is -0.392 e. The third-order valence-electron chi connectivity index (χ3n) is 1.85. The maximum atomic E-state index is 9.14. The van der Waals surface area contributed by atoms with E-state index in [1.807, 2.05) is 22.2 Å². The van der Waals surface area contributed by atoms with Crippen molar-refractivity contribution in [1.29, 1.82) is 0 Å². The monoisotopic (exact) mass is 186 g/mol. The number of nitrogens with zero attached hydrogens (tertiary/aromatic N) is 2. The Balaban J connectivity index is 2.25. The lowest BCUT2D eigenvalue weighted by Gasteiger charge is -2.23. The summed E-state index contributed by atoms with van der Waals surface area (Å²) >= 11 is 0. The molecule has 4 nitrogen and oxygen atoms in total. The Hall–Kier alpha value is -0.740. The molecule has 76 valence electrons. The fourth-order valence-corrected chi connectivity index (χ4v) is 1.43. The largest absolute Gasteiger partial charge is 0.392 e. The first kappa shape index (κ1) is 10.3. The summed E-state index contributed by atoms with van der Waals surface area (Å²) in [6, 6.07) is 0. The van der Waals surface area contributed by atoms with Crippen LogP contribution in [0.15, 0.2) is 12.4 Å². The van der Waals surface area contributed by atoms with E-state index < -0.39 is 0 Å². The van der Waals surface area contributed by atoms with E-state index in [4.69, 9.17) is 10.2 Å².